The van der Waals surface area contributed by atoms with Gasteiger partial charge in [-0.25, -0.2) is 4.79 Å². The van der Waals surface area contributed by atoms with E-state index < -0.39 is 11.8 Å². The Bertz CT molecular complexity index is 382. The van der Waals surface area contributed by atoms with E-state index in [0.29, 0.717) is 5.56 Å². The maximum absolute atomic E-state index is 11.5. The minimum atomic E-state index is -1.40. The first kappa shape index (κ1) is 9.21. The van der Waals surface area contributed by atoms with Crippen LogP contribution < -0.4 is 0 Å². The molecule has 1 heterocycles. The Morgan fingerprint density at radius 2 is 2.07 bits per heavy atom. The summed E-state index contributed by atoms with van der Waals surface area (Å²) in [5, 5.41) is 9.82. The molecule has 1 aromatic rings. The Balaban J connectivity index is 2.57. The Morgan fingerprint density at radius 1 is 1.43 bits per heavy atom. The van der Waals surface area contributed by atoms with Crippen LogP contribution in [0.5, 0.6) is 0 Å². The van der Waals surface area contributed by atoms with Crippen molar-refractivity contribution in [1.29, 1.82) is 0 Å². The smallest absolute Gasteiger partial charge is 0.340 e. The summed E-state index contributed by atoms with van der Waals surface area (Å²) in [6.45, 7) is 3.34. The van der Waals surface area contributed by atoms with Gasteiger partial charge in [-0.15, -0.1) is 0 Å². The number of hydrogen-bond donors (Lipinski definition) is 1. The van der Waals surface area contributed by atoms with Crippen molar-refractivity contribution in [3.63, 3.8) is 0 Å². The zero-order valence-corrected chi connectivity index (χ0v) is 8.15. The number of fused-ring (bicyclic) bond motifs is 1. The molecule has 0 bridgehead atoms. The molecule has 14 heavy (non-hydrogen) atoms. The SMILES string of the molecule is CC1c2ccccc2C(=O)OC1(C)O. The fourth-order valence-corrected chi connectivity index (χ4v) is 1.68. The summed E-state index contributed by atoms with van der Waals surface area (Å²) in [7, 11) is 0. The lowest BCUT2D eigenvalue weighted by molar-refractivity contribution is -0.170. The van der Waals surface area contributed by atoms with Crippen LogP contribution in [0.15, 0.2) is 24.3 Å². The molecule has 1 N–H and O–H groups in total. The third kappa shape index (κ3) is 1.21. The van der Waals surface area contributed by atoms with Crippen molar-refractivity contribution >= 4 is 5.97 Å². The average Bonchev–Trinajstić information content (AvgIpc) is 2.14. The van der Waals surface area contributed by atoms with Gasteiger partial charge >= 0.3 is 5.97 Å². The molecule has 0 amide bonds. The second kappa shape index (κ2) is 2.82. The van der Waals surface area contributed by atoms with E-state index in [1.54, 1.807) is 12.1 Å². The van der Waals surface area contributed by atoms with Gasteiger partial charge < -0.3 is 9.84 Å². The summed E-state index contributed by atoms with van der Waals surface area (Å²) < 4.78 is 4.93. The van der Waals surface area contributed by atoms with Gasteiger partial charge in [0.25, 0.3) is 0 Å². The van der Waals surface area contributed by atoms with Gasteiger partial charge in [-0.2, -0.15) is 0 Å². The predicted octanol–water partition coefficient (Wildman–Crippen LogP) is 1.67. The number of ether oxygens (including phenoxy) is 1. The Kier molecular flexibility index (Phi) is 1.86. The monoisotopic (exact) mass is 192 g/mol. The van der Waals surface area contributed by atoms with E-state index in [9.17, 15) is 9.90 Å². The Labute approximate surface area is 82.3 Å². The number of esters is 1. The van der Waals surface area contributed by atoms with Crippen LogP contribution in [0, 0.1) is 0 Å². The summed E-state index contributed by atoms with van der Waals surface area (Å²) in [5.74, 6) is -2.05. The zero-order valence-electron chi connectivity index (χ0n) is 8.15. The molecule has 2 rings (SSSR count). The summed E-state index contributed by atoms with van der Waals surface area (Å²) in [6, 6.07) is 7.19. The lowest BCUT2D eigenvalue weighted by Crippen LogP contribution is -2.41. The Morgan fingerprint density at radius 3 is 2.79 bits per heavy atom. The molecule has 0 saturated heterocycles. The van der Waals surface area contributed by atoms with E-state index in [0.717, 1.165) is 5.56 Å². The van der Waals surface area contributed by atoms with Crippen molar-refractivity contribution in [2.45, 2.75) is 25.6 Å². The first-order valence-corrected chi connectivity index (χ1v) is 4.57. The molecule has 3 heteroatoms. The summed E-state index contributed by atoms with van der Waals surface area (Å²) in [5.41, 5.74) is 1.39. The molecule has 0 spiro atoms. The second-order valence-electron chi connectivity index (χ2n) is 3.75. The zero-order chi connectivity index (χ0) is 10.3. The molecule has 1 aliphatic heterocycles. The van der Waals surface area contributed by atoms with E-state index in [4.69, 9.17) is 4.74 Å². The van der Waals surface area contributed by atoms with E-state index in [-0.39, 0.29) is 5.92 Å². The van der Waals surface area contributed by atoms with Crippen molar-refractivity contribution < 1.29 is 14.6 Å². The van der Waals surface area contributed by atoms with Gasteiger partial charge in [-0.1, -0.05) is 25.1 Å². The number of carbonyl (C=O) groups is 1. The first-order chi connectivity index (χ1) is 6.52. The number of rotatable bonds is 0. The van der Waals surface area contributed by atoms with Gasteiger partial charge in [-0.3, -0.25) is 0 Å². The van der Waals surface area contributed by atoms with Gasteiger partial charge in [0, 0.05) is 12.8 Å². The van der Waals surface area contributed by atoms with Crippen LogP contribution in [-0.4, -0.2) is 16.9 Å². The number of cyclic esters (lactones) is 1. The lowest BCUT2D eigenvalue weighted by Gasteiger charge is -2.35. The van der Waals surface area contributed by atoms with Crippen LogP contribution in [0.4, 0.5) is 0 Å². The molecule has 1 aromatic carbocycles. The molecule has 0 radical (unpaired) electrons. The van der Waals surface area contributed by atoms with Crippen molar-refractivity contribution in [3.05, 3.63) is 35.4 Å². The molecule has 1 aliphatic rings. The normalized spacial score (nSPS) is 30.8. The summed E-state index contributed by atoms with van der Waals surface area (Å²) >= 11 is 0. The van der Waals surface area contributed by atoms with Gasteiger partial charge in [0.1, 0.15) is 0 Å². The van der Waals surface area contributed by atoms with E-state index in [2.05, 4.69) is 0 Å². The third-order valence-electron chi connectivity index (χ3n) is 2.75. The molecule has 0 aliphatic carbocycles. The highest BCUT2D eigenvalue weighted by atomic mass is 16.7. The van der Waals surface area contributed by atoms with Gasteiger partial charge in [0.2, 0.25) is 5.79 Å². The molecule has 2 atom stereocenters. The minimum absolute atomic E-state index is 0.198. The van der Waals surface area contributed by atoms with Gasteiger partial charge in [-0.05, 0) is 11.6 Å². The van der Waals surface area contributed by atoms with Crippen molar-refractivity contribution in [2.24, 2.45) is 0 Å². The first-order valence-electron chi connectivity index (χ1n) is 4.57. The summed E-state index contributed by atoms with van der Waals surface area (Å²) in [4.78, 5) is 11.5. The highest BCUT2D eigenvalue weighted by molar-refractivity contribution is 5.92. The quantitative estimate of drug-likeness (QED) is 0.636. The van der Waals surface area contributed by atoms with Crippen LogP contribution >= 0.6 is 0 Å². The molecule has 0 saturated carbocycles. The molecule has 74 valence electrons. The second-order valence-corrected chi connectivity index (χ2v) is 3.75. The Hall–Kier alpha value is -1.35. The standard InChI is InChI=1S/C11H12O3/c1-7-8-5-3-4-6-9(8)10(12)14-11(7,2)13/h3-7,13H,1-2H3. The van der Waals surface area contributed by atoms with Crippen LogP contribution in [0.1, 0.15) is 35.7 Å². The number of carbonyl (C=O) groups excluding carboxylic acids is 1. The maximum atomic E-state index is 11.5. The minimum Gasteiger partial charge on any atom is -0.429 e. The molecule has 3 nitrogen and oxygen atoms in total. The molecular weight excluding hydrogens is 180 g/mol. The predicted molar refractivity (Wildman–Crippen MR) is 50.9 cm³/mol. The van der Waals surface area contributed by atoms with Crippen LogP contribution in [0.3, 0.4) is 0 Å². The number of aliphatic hydroxyl groups is 1. The fourth-order valence-electron chi connectivity index (χ4n) is 1.68. The van der Waals surface area contributed by atoms with Gasteiger partial charge in [0.05, 0.1) is 5.56 Å². The van der Waals surface area contributed by atoms with Crippen molar-refractivity contribution in [1.82, 2.24) is 0 Å². The highest BCUT2D eigenvalue weighted by Gasteiger charge is 2.40. The molecule has 0 fully saturated rings. The van der Waals surface area contributed by atoms with E-state index in [1.165, 1.54) is 6.92 Å². The topological polar surface area (TPSA) is 46.5 Å². The van der Waals surface area contributed by atoms with Crippen LogP contribution in [0.2, 0.25) is 0 Å². The van der Waals surface area contributed by atoms with Crippen molar-refractivity contribution in [2.75, 3.05) is 0 Å². The highest BCUT2D eigenvalue weighted by Crippen LogP contribution is 2.36. The largest absolute Gasteiger partial charge is 0.429 e. The number of hydrogen-bond acceptors (Lipinski definition) is 3. The average molecular weight is 192 g/mol. The van der Waals surface area contributed by atoms with E-state index in [1.807, 2.05) is 19.1 Å². The molecular formula is C11H12O3. The number of benzene rings is 1. The van der Waals surface area contributed by atoms with Gasteiger partial charge in [0.15, 0.2) is 0 Å². The van der Waals surface area contributed by atoms with Crippen LogP contribution in [-0.2, 0) is 4.74 Å². The fraction of sp³-hybridized carbons (Fsp3) is 0.364. The summed E-state index contributed by atoms with van der Waals surface area (Å²) in [6.07, 6.45) is 0. The molecule has 0 aromatic heterocycles. The lowest BCUT2D eigenvalue weighted by atomic mass is 9.87. The molecule has 2 unspecified atom stereocenters. The third-order valence-corrected chi connectivity index (χ3v) is 2.75. The van der Waals surface area contributed by atoms with E-state index >= 15 is 0 Å². The van der Waals surface area contributed by atoms with Crippen LogP contribution in [0.25, 0.3) is 0 Å². The van der Waals surface area contributed by atoms with Crippen molar-refractivity contribution in [3.8, 4) is 0 Å². The maximum Gasteiger partial charge on any atom is 0.340 e.